The fourth-order valence-electron chi connectivity index (χ4n) is 5.04. The van der Waals surface area contributed by atoms with Gasteiger partial charge in [-0.05, 0) is 61.3 Å². The minimum absolute atomic E-state index is 0.0118. The molecule has 6 heteroatoms. The first-order valence-electron chi connectivity index (χ1n) is 11.2. The Labute approximate surface area is 177 Å². The molecule has 0 radical (unpaired) electrons. The van der Waals surface area contributed by atoms with Crippen LogP contribution in [-0.2, 0) is 11.2 Å². The molecule has 2 aliphatic rings. The van der Waals surface area contributed by atoms with Crippen LogP contribution in [0.2, 0.25) is 0 Å². The summed E-state index contributed by atoms with van der Waals surface area (Å²) in [4.78, 5) is 29.9. The zero-order valence-corrected chi connectivity index (χ0v) is 18.3. The van der Waals surface area contributed by atoms with E-state index < -0.39 is 5.63 Å². The van der Waals surface area contributed by atoms with Crippen molar-refractivity contribution in [2.45, 2.75) is 46.5 Å². The van der Waals surface area contributed by atoms with Crippen molar-refractivity contribution in [3.8, 4) is 5.75 Å². The Balaban J connectivity index is 1.64. The Morgan fingerprint density at radius 2 is 2.00 bits per heavy atom. The molecule has 1 aromatic heterocycles. The molecular formula is C24H32N2O4. The van der Waals surface area contributed by atoms with Crippen molar-refractivity contribution in [2.75, 3.05) is 37.7 Å². The third kappa shape index (κ3) is 4.24. The van der Waals surface area contributed by atoms with E-state index in [9.17, 15) is 9.59 Å². The lowest BCUT2D eigenvalue weighted by molar-refractivity contribution is -0.120. The molecule has 1 aromatic carbocycles. The maximum atomic E-state index is 13.2. The Morgan fingerprint density at radius 1 is 1.23 bits per heavy atom. The quantitative estimate of drug-likeness (QED) is 0.698. The maximum absolute atomic E-state index is 13.2. The van der Waals surface area contributed by atoms with E-state index in [1.165, 1.54) is 6.42 Å². The van der Waals surface area contributed by atoms with E-state index in [2.05, 4.69) is 25.7 Å². The standard InChI is InChI=1S/C24H32N2O4/c1-4-10-29-18-7-8-21-20(12-18)19-6-5-9-26(23(19)24(28)30-21)22(27)15-25-13-16(2)11-17(3)14-25/h7-8,12,16-17H,4-6,9-11,13-15H2,1-3H3/t16-,17-/m0/s1. The summed E-state index contributed by atoms with van der Waals surface area (Å²) in [6, 6.07) is 5.56. The third-order valence-electron chi connectivity index (χ3n) is 6.11. The zero-order valence-electron chi connectivity index (χ0n) is 18.3. The van der Waals surface area contributed by atoms with Gasteiger partial charge in [-0.1, -0.05) is 20.8 Å². The summed E-state index contributed by atoms with van der Waals surface area (Å²) in [6.45, 7) is 9.96. The van der Waals surface area contributed by atoms with Crippen LogP contribution in [0.25, 0.3) is 11.0 Å². The summed E-state index contributed by atoms with van der Waals surface area (Å²) in [5.41, 5.74) is 1.46. The molecule has 0 unspecified atom stereocenters. The second kappa shape index (κ2) is 8.80. The lowest BCUT2D eigenvalue weighted by Crippen LogP contribution is -2.48. The second-order valence-electron chi connectivity index (χ2n) is 9.01. The predicted octanol–water partition coefficient (Wildman–Crippen LogP) is 3.84. The van der Waals surface area contributed by atoms with Gasteiger partial charge in [0.15, 0.2) is 0 Å². The Kier molecular flexibility index (Phi) is 6.14. The number of likely N-dealkylation sites (tertiary alicyclic amines) is 1. The Bertz CT molecular complexity index is 973. The number of fused-ring (bicyclic) bond motifs is 3. The van der Waals surface area contributed by atoms with Gasteiger partial charge >= 0.3 is 5.63 Å². The minimum Gasteiger partial charge on any atom is -0.494 e. The van der Waals surface area contributed by atoms with Crippen LogP contribution in [0, 0.1) is 11.8 Å². The highest BCUT2D eigenvalue weighted by atomic mass is 16.5. The number of benzene rings is 1. The van der Waals surface area contributed by atoms with Gasteiger partial charge in [-0.2, -0.15) is 0 Å². The van der Waals surface area contributed by atoms with Gasteiger partial charge in [-0.3, -0.25) is 9.69 Å². The van der Waals surface area contributed by atoms with Gasteiger partial charge in [0.1, 0.15) is 17.0 Å². The molecule has 4 rings (SSSR count). The highest BCUT2D eigenvalue weighted by Crippen LogP contribution is 2.33. The average molecular weight is 413 g/mol. The summed E-state index contributed by atoms with van der Waals surface area (Å²) >= 11 is 0. The Hall–Kier alpha value is -2.34. The molecule has 0 bridgehead atoms. The van der Waals surface area contributed by atoms with Crippen molar-refractivity contribution in [1.29, 1.82) is 0 Å². The van der Waals surface area contributed by atoms with Crippen LogP contribution < -0.4 is 15.3 Å². The SMILES string of the molecule is CCCOc1ccc2oc(=O)c3c(c2c1)CCCN3C(=O)CN1C[C@@H](C)C[C@H](C)C1. The largest absolute Gasteiger partial charge is 0.494 e. The monoisotopic (exact) mass is 412 g/mol. The van der Waals surface area contributed by atoms with Crippen molar-refractivity contribution < 1.29 is 13.9 Å². The van der Waals surface area contributed by atoms with Gasteiger partial charge in [0.25, 0.3) is 0 Å². The topological polar surface area (TPSA) is 63.0 Å². The van der Waals surface area contributed by atoms with Gasteiger partial charge in [0, 0.05) is 25.0 Å². The Morgan fingerprint density at radius 3 is 2.73 bits per heavy atom. The molecule has 1 amide bonds. The van der Waals surface area contributed by atoms with Crippen LogP contribution in [0.15, 0.2) is 27.4 Å². The number of carbonyl (C=O) groups excluding carboxylic acids is 1. The van der Waals surface area contributed by atoms with Gasteiger partial charge in [0.2, 0.25) is 5.91 Å². The van der Waals surface area contributed by atoms with Crippen molar-refractivity contribution in [2.24, 2.45) is 11.8 Å². The molecule has 1 saturated heterocycles. The summed E-state index contributed by atoms with van der Waals surface area (Å²) in [5, 5.41) is 0.871. The van der Waals surface area contributed by atoms with E-state index in [-0.39, 0.29) is 5.91 Å². The minimum atomic E-state index is -0.423. The fourth-order valence-corrected chi connectivity index (χ4v) is 5.04. The van der Waals surface area contributed by atoms with Crippen LogP contribution in [0.1, 0.15) is 45.6 Å². The van der Waals surface area contributed by atoms with E-state index in [0.29, 0.717) is 42.8 Å². The smallest absolute Gasteiger partial charge is 0.360 e. The van der Waals surface area contributed by atoms with E-state index in [4.69, 9.17) is 9.15 Å². The molecule has 0 aliphatic carbocycles. The maximum Gasteiger partial charge on any atom is 0.360 e. The van der Waals surface area contributed by atoms with Crippen LogP contribution in [0.5, 0.6) is 5.75 Å². The predicted molar refractivity (Wildman–Crippen MR) is 118 cm³/mol. The molecule has 30 heavy (non-hydrogen) atoms. The molecule has 0 spiro atoms. The number of anilines is 1. The molecule has 3 heterocycles. The molecule has 0 N–H and O–H groups in total. The number of hydrogen-bond acceptors (Lipinski definition) is 5. The molecular weight excluding hydrogens is 380 g/mol. The molecule has 0 saturated carbocycles. The summed E-state index contributed by atoms with van der Waals surface area (Å²) < 4.78 is 11.4. The molecule has 2 aliphatic heterocycles. The van der Waals surface area contributed by atoms with Crippen molar-refractivity contribution in [3.63, 3.8) is 0 Å². The van der Waals surface area contributed by atoms with Gasteiger partial charge in [-0.15, -0.1) is 0 Å². The van der Waals surface area contributed by atoms with Crippen LogP contribution in [0.4, 0.5) is 5.69 Å². The lowest BCUT2D eigenvalue weighted by Gasteiger charge is -2.36. The highest BCUT2D eigenvalue weighted by Gasteiger charge is 2.31. The van der Waals surface area contributed by atoms with E-state index in [1.807, 2.05) is 12.1 Å². The van der Waals surface area contributed by atoms with Crippen molar-refractivity contribution in [3.05, 3.63) is 34.2 Å². The third-order valence-corrected chi connectivity index (χ3v) is 6.11. The first-order valence-corrected chi connectivity index (χ1v) is 11.2. The number of nitrogens with zero attached hydrogens (tertiary/aromatic N) is 2. The van der Waals surface area contributed by atoms with Crippen molar-refractivity contribution >= 4 is 22.6 Å². The molecule has 6 nitrogen and oxygen atoms in total. The first-order chi connectivity index (χ1) is 14.5. The number of rotatable bonds is 5. The van der Waals surface area contributed by atoms with Crippen molar-refractivity contribution in [1.82, 2.24) is 4.90 Å². The lowest BCUT2D eigenvalue weighted by atomic mass is 9.92. The number of ether oxygens (including phenoxy) is 1. The fraction of sp³-hybridized carbons (Fsp3) is 0.583. The van der Waals surface area contributed by atoms with E-state index in [0.717, 1.165) is 49.1 Å². The van der Waals surface area contributed by atoms with Gasteiger partial charge in [-0.25, -0.2) is 4.79 Å². The molecule has 2 aromatic rings. The number of amides is 1. The highest BCUT2D eigenvalue weighted by molar-refractivity contribution is 5.98. The summed E-state index contributed by atoms with van der Waals surface area (Å²) in [7, 11) is 0. The first kappa shape index (κ1) is 20.9. The normalized spacial score (nSPS) is 22.2. The summed E-state index contributed by atoms with van der Waals surface area (Å²) in [5.74, 6) is 1.93. The van der Waals surface area contributed by atoms with Gasteiger partial charge < -0.3 is 14.1 Å². The number of hydrogen-bond donors (Lipinski definition) is 0. The molecule has 1 fully saturated rings. The van der Waals surface area contributed by atoms with E-state index in [1.54, 1.807) is 11.0 Å². The number of aryl methyl sites for hydroxylation is 1. The summed E-state index contributed by atoms with van der Waals surface area (Å²) in [6.07, 6.45) is 3.73. The second-order valence-corrected chi connectivity index (χ2v) is 9.01. The van der Waals surface area contributed by atoms with Crippen LogP contribution in [0.3, 0.4) is 0 Å². The van der Waals surface area contributed by atoms with Crippen LogP contribution >= 0.6 is 0 Å². The van der Waals surface area contributed by atoms with Crippen LogP contribution in [-0.4, -0.2) is 43.6 Å². The average Bonchev–Trinajstić information content (AvgIpc) is 2.71. The zero-order chi connectivity index (χ0) is 21.3. The number of piperidine rings is 1. The van der Waals surface area contributed by atoms with Gasteiger partial charge in [0.05, 0.1) is 13.2 Å². The molecule has 2 atom stereocenters. The van der Waals surface area contributed by atoms with E-state index >= 15 is 0 Å². The number of carbonyl (C=O) groups is 1. The molecule has 162 valence electrons.